The summed E-state index contributed by atoms with van der Waals surface area (Å²) in [5.74, 6) is -2.25. The van der Waals surface area contributed by atoms with Crippen LogP contribution in [0.25, 0.3) is 0 Å². The number of likely N-dealkylation sites (tertiary alicyclic amines) is 2. The Balaban J connectivity index is 1.13. The average molecular weight is 509 g/mol. The Morgan fingerprint density at radius 2 is 0.895 bits per heavy atom. The Morgan fingerprint density at radius 3 is 1.26 bits per heavy atom. The molecule has 4 amide bonds. The van der Waals surface area contributed by atoms with Crippen molar-refractivity contribution in [2.45, 2.75) is 25.7 Å². The molecule has 6 aliphatic rings. The summed E-state index contributed by atoms with van der Waals surface area (Å²) in [4.78, 5) is 57.5. The van der Waals surface area contributed by atoms with Crippen LogP contribution in [0, 0.1) is 47.3 Å². The molecule has 194 valence electrons. The lowest BCUT2D eigenvalue weighted by Gasteiger charge is -2.60. The first-order valence-electron chi connectivity index (χ1n) is 13.9. The van der Waals surface area contributed by atoms with Crippen LogP contribution in [0.5, 0.6) is 0 Å². The van der Waals surface area contributed by atoms with Crippen molar-refractivity contribution < 1.29 is 19.2 Å². The van der Waals surface area contributed by atoms with Crippen molar-refractivity contribution in [3.63, 3.8) is 0 Å². The topological polar surface area (TPSA) is 74.8 Å². The van der Waals surface area contributed by atoms with Gasteiger partial charge in [-0.15, -0.1) is 0 Å². The largest absolute Gasteiger partial charge is 0.281 e. The van der Waals surface area contributed by atoms with Gasteiger partial charge in [0.1, 0.15) is 0 Å². The van der Waals surface area contributed by atoms with Crippen LogP contribution in [-0.4, -0.2) is 46.5 Å². The smallest absolute Gasteiger partial charge is 0.233 e. The summed E-state index contributed by atoms with van der Waals surface area (Å²) in [7, 11) is 0. The first kappa shape index (κ1) is 23.6. The first-order valence-corrected chi connectivity index (χ1v) is 13.9. The molecule has 2 saturated carbocycles. The molecule has 0 unspecified atom stereocenters. The number of rotatable bonds is 6. The molecule has 0 spiro atoms. The minimum absolute atomic E-state index is 0.0343. The van der Waals surface area contributed by atoms with E-state index in [0.29, 0.717) is 13.1 Å². The Kier molecular flexibility index (Phi) is 5.26. The molecule has 6 heteroatoms. The molecule has 8 rings (SSSR count). The fourth-order valence-corrected chi connectivity index (χ4v) is 8.41. The van der Waals surface area contributed by atoms with Gasteiger partial charge in [-0.3, -0.25) is 29.0 Å². The Bertz CT molecular complexity index is 1300. The highest BCUT2D eigenvalue weighted by molar-refractivity contribution is 6.09. The molecule has 0 N–H and O–H groups in total. The van der Waals surface area contributed by atoms with E-state index in [4.69, 9.17) is 0 Å². The Hall–Kier alpha value is -3.54. The summed E-state index contributed by atoms with van der Waals surface area (Å²) < 4.78 is 0. The Morgan fingerprint density at radius 1 is 0.553 bits per heavy atom. The lowest BCUT2D eigenvalue weighted by molar-refractivity contribution is -0.166. The molecule has 2 bridgehead atoms. The number of amides is 4. The molecule has 2 heterocycles. The molecule has 10 atom stereocenters. The summed E-state index contributed by atoms with van der Waals surface area (Å²) in [6.45, 7) is 4.81. The number of benzene rings is 2. The highest BCUT2D eigenvalue weighted by atomic mass is 16.2. The van der Waals surface area contributed by atoms with Crippen molar-refractivity contribution in [2.24, 2.45) is 47.3 Å². The van der Waals surface area contributed by atoms with Gasteiger partial charge in [0.25, 0.3) is 0 Å². The van der Waals surface area contributed by atoms with Gasteiger partial charge in [0.15, 0.2) is 0 Å². The van der Waals surface area contributed by atoms with E-state index in [0.717, 1.165) is 11.1 Å². The van der Waals surface area contributed by atoms with Crippen LogP contribution < -0.4 is 0 Å². The minimum atomic E-state index is -0.414. The molecule has 4 aliphatic carbocycles. The highest BCUT2D eigenvalue weighted by Gasteiger charge is 2.74. The van der Waals surface area contributed by atoms with E-state index >= 15 is 0 Å². The fourth-order valence-electron chi connectivity index (χ4n) is 8.41. The number of imide groups is 2. The van der Waals surface area contributed by atoms with Crippen molar-refractivity contribution in [1.82, 2.24) is 9.80 Å². The van der Waals surface area contributed by atoms with E-state index < -0.39 is 11.8 Å². The van der Waals surface area contributed by atoms with Gasteiger partial charge < -0.3 is 0 Å². The van der Waals surface area contributed by atoms with Crippen LogP contribution in [0.2, 0.25) is 0 Å². The van der Waals surface area contributed by atoms with E-state index in [1.54, 1.807) is 0 Å². The van der Waals surface area contributed by atoms with Gasteiger partial charge >= 0.3 is 0 Å². The molecule has 0 aromatic heterocycles. The second kappa shape index (κ2) is 8.48. The first-order chi connectivity index (χ1) is 18.4. The van der Waals surface area contributed by atoms with Crippen molar-refractivity contribution >= 4 is 23.6 Å². The molecular formula is C32H32N2O4. The number of carbonyl (C=O) groups excluding carboxylic acids is 4. The van der Waals surface area contributed by atoms with Crippen molar-refractivity contribution in [2.75, 3.05) is 13.1 Å². The van der Waals surface area contributed by atoms with Gasteiger partial charge in [-0.05, 0) is 46.6 Å². The van der Waals surface area contributed by atoms with Crippen LogP contribution in [-0.2, 0) is 19.2 Å². The predicted molar refractivity (Wildman–Crippen MR) is 140 cm³/mol. The van der Waals surface area contributed by atoms with Crippen LogP contribution in [0.15, 0.2) is 72.8 Å². The maximum Gasteiger partial charge on any atom is 0.233 e. The van der Waals surface area contributed by atoms with E-state index in [1.807, 2.05) is 74.5 Å². The van der Waals surface area contributed by atoms with Gasteiger partial charge in [0, 0.05) is 13.1 Å². The summed E-state index contributed by atoms with van der Waals surface area (Å²) in [6, 6.07) is 19.9. The highest BCUT2D eigenvalue weighted by Crippen LogP contribution is 2.68. The zero-order valence-corrected chi connectivity index (χ0v) is 21.6. The SMILES string of the molecule is C[C@H](CN1C(=O)[C@@H]2[C@H]3C=C[C@@H]([C@@H]2C1=O)[C@@H]1[C@@H]2C(=O)N(C[C@H](C)c4ccccc4)C(=O)[C@@H]2[C@@H]31)c1ccccc1. The van der Waals surface area contributed by atoms with Gasteiger partial charge in [0.05, 0.1) is 23.7 Å². The molecule has 2 saturated heterocycles. The molecule has 2 aromatic rings. The fraction of sp³-hybridized carbons (Fsp3) is 0.438. The van der Waals surface area contributed by atoms with Gasteiger partial charge in [-0.25, -0.2) is 0 Å². The molecule has 6 nitrogen and oxygen atoms in total. The number of hydrogen-bond donors (Lipinski definition) is 0. The van der Waals surface area contributed by atoms with Gasteiger partial charge in [0.2, 0.25) is 23.6 Å². The van der Waals surface area contributed by atoms with Crippen LogP contribution in [0.4, 0.5) is 0 Å². The molecule has 2 aromatic carbocycles. The predicted octanol–water partition coefficient (Wildman–Crippen LogP) is 3.86. The molecule has 2 aliphatic heterocycles. The second-order valence-electron chi connectivity index (χ2n) is 12.0. The third-order valence-electron chi connectivity index (χ3n) is 10.2. The number of allylic oxidation sites excluding steroid dienone is 2. The Labute approximate surface area is 222 Å². The standard InChI is InChI=1S/C32H32N2O4/c1-17(19-9-5-3-6-10-19)15-33-29(35)25-21-13-14-22(26(25)30(33)36)24-23(21)27-28(24)32(38)34(31(27)37)16-18(2)20-11-7-4-8-12-20/h3-14,17-18,21-28H,15-16H2,1-2H3/t17-,18+,21-,22+,23+,24+,25+,26-,27+,28-/m1/s1. The number of carbonyl (C=O) groups is 4. The van der Waals surface area contributed by atoms with Crippen molar-refractivity contribution in [3.8, 4) is 0 Å². The summed E-state index contributed by atoms with van der Waals surface area (Å²) >= 11 is 0. The van der Waals surface area contributed by atoms with E-state index in [1.165, 1.54) is 9.80 Å². The molecule has 38 heavy (non-hydrogen) atoms. The monoisotopic (exact) mass is 508 g/mol. The number of fused-ring (bicyclic) bond motifs is 1. The number of nitrogens with zero attached hydrogens (tertiary/aromatic N) is 2. The van der Waals surface area contributed by atoms with Crippen LogP contribution >= 0.6 is 0 Å². The van der Waals surface area contributed by atoms with Crippen molar-refractivity contribution in [1.29, 1.82) is 0 Å². The third kappa shape index (κ3) is 3.12. The summed E-state index contributed by atoms with van der Waals surface area (Å²) in [5.41, 5.74) is 2.20. The lowest BCUT2D eigenvalue weighted by Crippen LogP contribution is -2.63. The van der Waals surface area contributed by atoms with Crippen LogP contribution in [0.3, 0.4) is 0 Å². The second-order valence-corrected chi connectivity index (χ2v) is 12.0. The molecule has 4 fully saturated rings. The van der Waals surface area contributed by atoms with E-state index in [2.05, 4.69) is 12.2 Å². The zero-order chi connectivity index (χ0) is 26.3. The normalized spacial score (nSPS) is 36.2. The molecule has 0 radical (unpaired) electrons. The van der Waals surface area contributed by atoms with E-state index in [-0.39, 0.29) is 71.0 Å². The maximum atomic E-state index is 13.7. The zero-order valence-electron chi connectivity index (χ0n) is 21.6. The van der Waals surface area contributed by atoms with Crippen molar-refractivity contribution in [3.05, 3.63) is 83.9 Å². The average Bonchev–Trinajstić information content (AvgIpc) is 3.29. The maximum absolute atomic E-state index is 13.7. The molecular weight excluding hydrogens is 476 g/mol. The third-order valence-corrected chi connectivity index (χ3v) is 10.2. The summed E-state index contributed by atoms with van der Waals surface area (Å²) in [6.07, 6.45) is 4.15. The minimum Gasteiger partial charge on any atom is -0.281 e. The summed E-state index contributed by atoms with van der Waals surface area (Å²) in [5, 5.41) is 0. The number of hydrogen-bond acceptors (Lipinski definition) is 4. The quantitative estimate of drug-likeness (QED) is 0.439. The van der Waals surface area contributed by atoms with Gasteiger partial charge in [-0.2, -0.15) is 0 Å². The van der Waals surface area contributed by atoms with E-state index in [9.17, 15) is 19.2 Å². The lowest BCUT2D eigenvalue weighted by atomic mass is 9.40. The van der Waals surface area contributed by atoms with Crippen LogP contribution in [0.1, 0.15) is 36.8 Å². The van der Waals surface area contributed by atoms with Gasteiger partial charge in [-0.1, -0.05) is 86.7 Å².